The van der Waals surface area contributed by atoms with Crippen molar-refractivity contribution in [1.29, 1.82) is 0 Å². The molecule has 0 bridgehead atoms. The summed E-state index contributed by atoms with van der Waals surface area (Å²) in [6.45, 7) is 0. The average molecular weight is 265 g/mol. The van der Waals surface area contributed by atoms with Crippen LogP contribution < -0.4 is 10.5 Å². The van der Waals surface area contributed by atoms with Gasteiger partial charge < -0.3 is 10.5 Å². The monoisotopic (exact) mass is 265 g/mol. The standard InChI is InChI=1S/C12H15F4NO/c1-18-8-4-5-9(10(13)7-8)11(17)3-2-6-12(14,15)16/h4-5,7,11H,2-3,6,17H2,1H3. The summed E-state index contributed by atoms with van der Waals surface area (Å²) < 4.78 is 54.3. The molecule has 0 saturated heterocycles. The first-order chi connectivity index (χ1) is 8.33. The Balaban J connectivity index is 2.59. The number of benzene rings is 1. The number of ether oxygens (including phenoxy) is 1. The molecule has 2 nitrogen and oxygen atoms in total. The van der Waals surface area contributed by atoms with Gasteiger partial charge in [0.05, 0.1) is 7.11 Å². The Labute approximate surface area is 103 Å². The van der Waals surface area contributed by atoms with Crippen LogP contribution >= 0.6 is 0 Å². The van der Waals surface area contributed by atoms with E-state index in [1.54, 1.807) is 0 Å². The summed E-state index contributed by atoms with van der Waals surface area (Å²) in [5, 5.41) is 0. The van der Waals surface area contributed by atoms with Gasteiger partial charge in [-0.25, -0.2) is 4.39 Å². The van der Waals surface area contributed by atoms with Crippen LogP contribution in [0.5, 0.6) is 5.75 Å². The summed E-state index contributed by atoms with van der Waals surface area (Å²) in [6.07, 6.45) is -5.13. The molecule has 0 saturated carbocycles. The van der Waals surface area contributed by atoms with E-state index >= 15 is 0 Å². The number of nitrogens with two attached hydrogens (primary N) is 1. The first-order valence-corrected chi connectivity index (χ1v) is 5.49. The third kappa shape index (κ3) is 4.52. The first kappa shape index (κ1) is 14.8. The maximum atomic E-state index is 13.6. The second-order valence-electron chi connectivity index (χ2n) is 4.00. The summed E-state index contributed by atoms with van der Waals surface area (Å²) in [5.74, 6) is -0.215. The highest BCUT2D eigenvalue weighted by atomic mass is 19.4. The van der Waals surface area contributed by atoms with Crippen LogP contribution in [0.2, 0.25) is 0 Å². The second-order valence-corrected chi connectivity index (χ2v) is 4.00. The van der Waals surface area contributed by atoms with E-state index in [0.717, 1.165) is 0 Å². The third-order valence-electron chi connectivity index (χ3n) is 2.58. The molecule has 102 valence electrons. The lowest BCUT2D eigenvalue weighted by Gasteiger charge is -2.14. The maximum Gasteiger partial charge on any atom is 0.389 e. The minimum atomic E-state index is -4.20. The molecule has 0 aliphatic heterocycles. The van der Waals surface area contributed by atoms with Crippen LogP contribution in [-0.2, 0) is 0 Å². The van der Waals surface area contributed by atoms with E-state index in [2.05, 4.69) is 0 Å². The second kappa shape index (κ2) is 6.04. The van der Waals surface area contributed by atoms with E-state index in [1.165, 1.54) is 25.3 Å². The molecule has 0 fully saturated rings. The van der Waals surface area contributed by atoms with E-state index in [9.17, 15) is 17.6 Å². The summed E-state index contributed by atoms with van der Waals surface area (Å²) in [4.78, 5) is 0. The molecule has 1 aromatic carbocycles. The zero-order valence-electron chi connectivity index (χ0n) is 9.93. The molecule has 2 N–H and O–H groups in total. The van der Waals surface area contributed by atoms with Crippen molar-refractivity contribution in [2.45, 2.75) is 31.5 Å². The van der Waals surface area contributed by atoms with E-state index in [1.807, 2.05) is 0 Å². The molecule has 0 spiro atoms. The molecule has 0 aromatic heterocycles. The Bertz CT molecular complexity index is 392. The number of hydrogen-bond donors (Lipinski definition) is 1. The molecule has 1 unspecified atom stereocenters. The lowest BCUT2D eigenvalue weighted by Crippen LogP contribution is -2.14. The van der Waals surface area contributed by atoms with Crippen LogP contribution in [0, 0.1) is 5.82 Å². The fourth-order valence-corrected chi connectivity index (χ4v) is 1.61. The van der Waals surface area contributed by atoms with Crippen LogP contribution in [0.1, 0.15) is 30.9 Å². The molecule has 0 radical (unpaired) electrons. The van der Waals surface area contributed by atoms with Gasteiger partial charge in [0.15, 0.2) is 0 Å². The molecular weight excluding hydrogens is 250 g/mol. The van der Waals surface area contributed by atoms with Crippen molar-refractivity contribution in [3.8, 4) is 5.75 Å². The van der Waals surface area contributed by atoms with Crippen molar-refractivity contribution >= 4 is 0 Å². The van der Waals surface area contributed by atoms with Crippen molar-refractivity contribution in [1.82, 2.24) is 0 Å². The van der Waals surface area contributed by atoms with Gasteiger partial charge in [0, 0.05) is 24.1 Å². The molecular formula is C12H15F4NO. The number of alkyl halides is 3. The molecule has 1 atom stereocenters. The van der Waals surface area contributed by atoms with Crippen LogP contribution in [0.15, 0.2) is 18.2 Å². The summed E-state index contributed by atoms with van der Waals surface area (Å²) in [7, 11) is 1.40. The van der Waals surface area contributed by atoms with Gasteiger partial charge in [0.1, 0.15) is 11.6 Å². The summed E-state index contributed by atoms with van der Waals surface area (Å²) in [5.41, 5.74) is 5.88. The first-order valence-electron chi connectivity index (χ1n) is 5.49. The van der Waals surface area contributed by atoms with Crippen molar-refractivity contribution in [3.05, 3.63) is 29.6 Å². The average Bonchev–Trinajstić information content (AvgIpc) is 2.26. The maximum absolute atomic E-state index is 13.6. The van der Waals surface area contributed by atoms with Gasteiger partial charge in [-0.1, -0.05) is 6.07 Å². The van der Waals surface area contributed by atoms with E-state index in [4.69, 9.17) is 10.5 Å². The smallest absolute Gasteiger partial charge is 0.389 e. The van der Waals surface area contributed by atoms with E-state index < -0.39 is 24.5 Å². The Morgan fingerprint density at radius 1 is 1.33 bits per heavy atom. The number of hydrogen-bond acceptors (Lipinski definition) is 2. The zero-order valence-corrected chi connectivity index (χ0v) is 9.93. The van der Waals surface area contributed by atoms with Gasteiger partial charge in [-0.2, -0.15) is 13.2 Å². The van der Waals surface area contributed by atoms with Crippen molar-refractivity contribution in [2.24, 2.45) is 5.73 Å². The van der Waals surface area contributed by atoms with Crippen molar-refractivity contribution in [2.75, 3.05) is 7.11 Å². The highest BCUT2D eigenvalue weighted by molar-refractivity contribution is 5.30. The highest BCUT2D eigenvalue weighted by Crippen LogP contribution is 2.27. The number of rotatable bonds is 5. The van der Waals surface area contributed by atoms with Gasteiger partial charge >= 0.3 is 6.18 Å². The van der Waals surface area contributed by atoms with Gasteiger partial charge in [0.2, 0.25) is 0 Å². The SMILES string of the molecule is COc1ccc(C(N)CCCC(F)(F)F)c(F)c1. The van der Waals surface area contributed by atoms with Crippen LogP contribution in [0.25, 0.3) is 0 Å². The predicted molar refractivity (Wildman–Crippen MR) is 59.8 cm³/mol. The van der Waals surface area contributed by atoms with Crippen molar-refractivity contribution in [3.63, 3.8) is 0 Å². The minimum absolute atomic E-state index is 0.0861. The van der Waals surface area contributed by atoms with Gasteiger partial charge in [-0.3, -0.25) is 0 Å². The largest absolute Gasteiger partial charge is 0.497 e. The lowest BCUT2D eigenvalue weighted by atomic mass is 10.0. The molecule has 0 amide bonds. The zero-order chi connectivity index (χ0) is 13.8. The molecule has 0 aliphatic carbocycles. The number of halogens is 4. The topological polar surface area (TPSA) is 35.2 Å². The Kier molecular flexibility index (Phi) is 4.95. The molecule has 0 heterocycles. The normalized spacial score (nSPS) is 13.4. The van der Waals surface area contributed by atoms with Gasteiger partial charge in [-0.05, 0) is 18.9 Å². The molecule has 18 heavy (non-hydrogen) atoms. The summed E-state index contributed by atoms with van der Waals surface area (Å²) >= 11 is 0. The Hall–Kier alpha value is -1.30. The van der Waals surface area contributed by atoms with Crippen LogP contribution in [0.4, 0.5) is 17.6 Å². The van der Waals surface area contributed by atoms with Crippen molar-refractivity contribution < 1.29 is 22.3 Å². The quantitative estimate of drug-likeness (QED) is 0.826. The Morgan fingerprint density at radius 3 is 2.50 bits per heavy atom. The van der Waals surface area contributed by atoms with Gasteiger partial charge in [-0.15, -0.1) is 0 Å². The fourth-order valence-electron chi connectivity index (χ4n) is 1.61. The molecule has 1 aromatic rings. The molecule has 0 aliphatic rings. The minimum Gasteiger partial charge on any atom is -0.497 e. The molecule has 6 heteroatoms. The van der Waals surface area contributed by atoms with Crippen LogP contribution in [0.3, 0.4) is 0 Å². The predicted octanol–water partition coefficient (Wildman–Crippen LogP) is 3.57. The number of methoxy groups -OCH3 is 1. The fraction of sp³-hybridized carbons (Fsp3) is 0.500. The molecule has 1 rings (SSSR count). The van der Waals surface area contributed by atoms with E-state index in [0.29, 0.717) is 5.75 Å². The van der Waals surface area contributed by atoms with E-state index in [-0.39, 0.29) is 18.4 Å². The third-order valence-corrected chi connectivity index (χ3v) is 2.58. The Morgan fingerprint density at radius 2 is 2.00 bits per heavy atom. The van der Waals surface area contributed by atoms with Gasteiger partial charge in [0.25, 0.3) is 0 Å². The lowest BCUT2D eigenvalue weighted by molar-refractivity contribution is -0.135. The van der Waals surface area contributed by atoms with Crippen LogP contribution in [-0.4, -0.2) is 13.3 Å². The summed E-state index contributed by atoms with van der Waals surface area (Å²) in [6, 6.07) is 3.39. The highest BCUT2D eigenvalue weighted by Gasteiger charge is 2.26.